The first-order chi connectivity index (χ1) is 13.1. The van der Waals surface area contributed by atoms with Crippen LogP contribution in [-0.4, -0.2) is 33.8 Å². The summed E-state index contributed by atoms with van der Waals surface area (Å²) in [6.45, 7) is 0.147. The van der Waals surface area contributed by atoms with Crippen molar-refractivity contribution in [2.45, 2.75) is 0 Å². The maximum Gasteiger partial charge on any atom is 0.256 e. The summed E-state index contributed by atoms with van der Waals surface area (Å²) in [7, 11) is 4.65. The third-order valence-electron chi connectivity index (χ3n) is 4.12. The Morgan fingerprint density at radius 1 is 1.00 bits per heavy atom. The van der Waals surface area contributed by atoms with Crippen molar-refractivity contribution in [2.75, 3.05) is 33.3 Å². The summed E-state index contributed by atoms with van der Waals surface area (Å²) < 4.78 is 21.4. The molecule has 1 aliphatic rings. The van der Waals surface area contributed by atoms with Crippen molar-refractivity contribution >= 4 is 23.2 Å². The van der Waals surface area contributed by atoms with E-state index in [1.165, 1.54) is 0 Å². The molecule has 6 nitrogen and oxygen atoms in total. The van der Waals surface area contributed by atoms with Gasteiger partial charge in [-0.1, -0.05) is 12.0 Å². The number of rotatable bonds is 6. The van der Waals surface area contributed by atoms with Crippen molar-refractivity contribution in [3.05, 3.63) is 41.5 Å². The quantitative estimate of drug-likeness (QED) is 0.629. The second kappa shape index (κ2) is 7.75. The lowest BCUT2D eigenvalue weighted by Gasteiger charge is -2.10. The van der Waals surface area contributed by atoms with Crippen LogP contribution < -0.4 is 24.3 Å². The second-order valence-corrected chi connectivity index (χ2v) is 5.67. The van der Waals surface area contributed by atoms with E-state index in [9.17, 15) is 4.79 Å². The molecule has 2 aromatic rings. The zero-order chi connectivity index (χ0) is 19.4. The molecule has 0 unspecified atom stereocenters. The Balaban J connectivity index is 2.01. The van der Waals surface area contributed by atoms with E-state index in [4.69, 9.17) is 25.4 Å². The van der Waals surface area contributed by atoms with Crippen LogP contribution in [0.3, 0.4) is 0 Å². The molecule has 27 heavy (non-hydrogen) atoms. The summed E-state index contributed by atoms with van der Waals surface area (Å²) in [6.07, 6.45) is 7.00. The molecule has 0 saturated carbocycles. The number of ether oxygens (including phenoxy) is 4. The Kier molecular flexibility index (Phi) is 5.23. The Morgan fingerprint density at radius 2 is 1.67 bits per heavy atom. The molecule has 1 aliphatic heterocycles. The monoisotopic (exact) mass is 365 g/mol. The fourth-order valence-electron chi connectivity index (χ4n) is 2.84. The normalized spacial score (nSPS) is 13.6. The summed E-state index contributed by atoms with van der Waals surface area (Å²) in [5, 5.41) is 2.84. The largest absolute Gasteiger partial charge is 0.493 e. The fourth-order valence-corrected chi connectivity index (χ4v) is 2.84. The van der Waals surface area contributed by atoms with Crippen molar-refractivity contribution in [1.82, 2.24) is 0 Å². The smallest absolute Gasteiger partial charge is 0.256 e. The molecule has 0 bridgehead atoms. The lowest BCUT2D eigenvalue weighted by Crippen LogP contribution is -2.03. The van der Waals surface area contributed by atoms with E-state index in [0.717, 1.165) is 11.1 Å². The van der Waals surface area contributed by atoms with Gasteiger partial charge in [-0.3, -0.25) is 4.79 Å². The Hall–Kier alpha value is -3.59. The summed E-state index contributed by atoms with van der Waals surface area (Å²) in [6, 6.07) is 8.88. The molecule has 6 heteroatoms. The van der Waals surface area contributed by atoms with Crippen LogP contribution in [0.2, 0.25) is 0 Å². The van der Waals surface area contributed by atoms with Gasteiger partial charge in [-0.25, -0.2) is 0 Å². The molecule has 0 aliphatic carbocycles. The molecule has 1 amide bonds. The number of fused-ring (bicyclic) bond motifs is 1. The van der Waals surface area contributed by atoms with Crippen LogP contribution in [0.5, 0.6) is 23.0 Å². The number of amides is 1. The highest BCUT2D eigenvalue weighted by Gasteiger charge is 2.26. The minimum absolute atomic E-state index is 0.147. The van der Waals surface area contributed by atoms with Gasteiger partial charge in [0.25, 0.3) is 5.91 Å². The number of terminal acetylenes is 1. The third kappa shape index (κ3) is 3.53. The first kappa shape index (κ1) is 18.2. The standard InChI is InChI=1S/C21H19NO5/c1-5-8-27-17-7-6-13(10-18(17)24-2)9-15-14-11-19(25-3)20(26-4)12-16(14)22-21(15)23/h1,6-7,9-12H,8H2,2-4H3,(H,22,23). The summed E-state index contributed by atoms with van der Waals surface area (Å²) in [5.74, 6) is 4.39. The molecule has 0 saturated heterocycles. The van der Waals surface area contributed by atoms with Crippen LogP contribution in [0, 0.1) is 12.3 Å². The molecule has 0 fully saturated rings. The van der Waals surface area contributed by atoms with Gasteiger partial charge in [-0.05, 0) is 29.8 Å². The molecular formula is C21H19NO5. The minimum Gasteiger partial charge on any atom is -0.493 e. The minimum atomic E-state index is -0.202. The molecule has 0 atom stereocenters. The zero-order valence-electron chi connectivity index (χ0n) is 15.3. The van der Waals surface area contributed by atoms with Crippen molar-refractivity contribution in [1.29, 1.82) is 0 Å². The van der Waals surface area contributed by atoms with E-state index in [2.05, 4.69) is 11.2 Å². The maximum atomic E-state index is 12.5. The summed E-state index contributed by atoms with van der Waals surface area (Å²) in [4.78, 5) is 12.5. The van der Waals surface area contributed by atoms with Gasteiger partial charge in [0.1, 0.15) is 6.61 Å². The van der Waals surface area contributed by atoms with E-state index < -0.39 is 0 Å². The van der Waals surface area contributed by atoms with E-state index in [0.29, 0.717) is 34.3 Å². The number of anilines is 1. The molecule has 0 spiro atoms. The average molecular weight is 365 g/mol. The van der Waals surface area contributed by atoms with E-state index >= 15 is 0 Å². The van der Waals surface area contributed by atoms with Crippen LogP contribution in [0.4, 0.5) is 5.69 Å². The SMILES string of the molecule is C#CCOc1ccc(C=C2C(=O)Nc3cc(OC)c(OC)cc32)cc1OC. The van der Waals surface area contributed by atoms with Gasteiger partial charge in [0.05, 0.1) is 27.0 Å². The van der Waals surface area contributed by atoms with Crippen molar-refractivity contribution in [3.63, 3.8) is 0 Å². The van der Waals surface area contributed by atoms with Gasteiger partial charge < -0.3 is 24.3 Å². The van der Waals surface area contributed by atoms with E-state index in [1.807, 2.05) is 6.07 Å². The molecule has 1 heterocycles. The van der Waals surface area contributed by atoms with Crippen LogP contribution in [-0.2, 0) is 4.79 Å². The lowest BCUT2D eigenvalue weighted by atomic mass is 10.0. The number of hydrogen-bond donors (Lipinski definition) is 1. The Labute approximate surface area is 157 Å². The molecule has 0 aromatic heterocycles. The van der Waals surface area contributed by atoms with Crippen molar-refractivity contribution < 1.29 is 23.7 Å². The van der Waals surface area contributed by atoms with E-state index in [-0.39, 0.29) is 12.5 Å². The zero-order valence-corrected chi connectivity index (χ0v) is 15.3. The van der Waals surface area contributed by atoms with Crippen molar-refractivity contribution in [2.24, 2.45) is 0 Å². The van der Waals surface area contributed by atoms with Gasteiger partial charge >= 0.3 is 0 Å². The van der Waals surface area contributed by atoms with Crippen molar-refractivity contribution in [3.8, 4) is 35.3 Å². The second-order valence-electron chi connectivity index (χ2n) is 5.67. The number of hydrogen-bond acceptors (Lipinski definition) is 5. The molecule has 2 aromatic carbocycles. The lowest BCUT2D eigenvalue weighted by molar-refractivity contribution is -0.110. The van der Waals surface area contributed by atoms with Gasteiger partial charge in [0, 0.05) is 17.2 Å². The highest BCUT2D eigenvalue weighted by molar-refractivity contribution is 6.35. The third-order valence-corrected chi connectivity index (χ3v) is 4.12. The van der Waals surface area contributed by atoms with Crippen LogP contribution >= 0.6 is 0 Å². The Bertz CT molecular complexity index is 956. The number of methoxy groups -OCH3 is 3. The summed E-state index contributed by atoms with van der Waals surface area (Å²) in [5.41, 5.74) is 2.71. The van der Waals surface area contributed by atoms with E-state index in [1.54, 1.807) is 51.7 Å². The first-order valence-corrected chi connectivity index (χ1v) is 8.15. The van der Waals surface area contributed by atoms with Gasteiger partial charge in [-0.15, -0.1) is 6.42 Å². The van der Waals surface area contributed by atoms with Crippen LogP contribution in [0.25, 0.3) is 11.6 Å². The molecule has 138 valence electrons. The number of benzene rings is 2. The first-order valence-electron chi connectivity index (χ1n) is 8.15. The van der Waals surface area contributed by atoms with Gasteiger partial charge in [0.2, 0.25) is 0 Å². The average Bonchev–Trinajstić information content (AvgIpc) is 2.99. The number of carbonyl (C=O) groups excluding carboxylic acids is 1. The highest BCUT2D eigenvalue weighted by Crippen LogP contribution is 2.41. The highest BCUT2D eigenvalue weighted by atomic mass is 16.5. The molecule has 3 rings (SSSR count). The Morgan fingerprint density at radius 3 is 2.33 bits per heavy atom. The topological polar surface area (TPSA) is 66.0 Å². The predicted molar refractivity (Wildman–Crippen MR) is 103 cm³/mol. The predicted octanol–water partition coefficient (Wildman–Crippen LogP) is 3.22. The van der Waals surface area contributed by atoms with Gasteiger partial charge in [-0.2, -0.15) is 0 Å². The van der Waals surface area contributed by atoms with Gasteiger partial charge in [0.15, 0.2) is 23.0 Å². The summed E-state index contributed by atoms with van der Waals surface area (Å²) >= 11 is 0. The molecule has 1 N–H and O–H groups in total. The molecular weight excluding hydrogens is 346 g/mol. The fraction of sp³-hybridized carbons (Fsp3) is 0.190. The number of nitrogens with one attached hydrogen (secondary N) is 1. The maximum absolute atomic E-state index is 12.5. The van der Waals surface area contributed by atoms with Crippen LogP contribution in [0.1, 0.15) is 11.1 Å². The number of carbonyl (C=O) groups is 1. The van der Waals surface area contributed by atoms with Crippen LogP contribution in [0.15, 0.2) is 30.3 Å². The molecule has 0 radical (unpaired) electrons.